The molecule has 1 fully saturated rings. The summed E-state index contributed by atoms with van der Waals surface area (Å²) in [5, 5.41) is 14.5. The van der Waals surface area contributed by atoms with Crippen molar-refractivity contribution in [3.63, 3.8) is 0 Å². The van der Waals surface area contributed by atoms with Crippen molar-refractivity contribution in [2.75, 3.05) is 26.7 Å². The van der Waals surface area contributed by atoms with Crippen molar-refractivity contribution >= 4 is 11.8 Å². The molecule has 1 saturated heterocycles. The molecule has 0 radical (unpaired) electrons. The molecule has 1 unspecified atom stereocenters. The molecule has 24 heavy (non-hydrogen) atoms. The molecule has 0 saturated carbocycles. The maximum absolute atomic E-state index is 12.2. The van der Waals surface area contributed by atoms with Crippen molar-refractivity contribution in [3.05, 3.63) is 33.9 Å². The minimum Gasteiger partial charge on any atom is -0.497 e. The van der Waals surface area contributed by atoms with Crippen LogP contribution < -0.4 is 10.1 Å². The van der Waals surface area contributed by atoms with Gasteiger partial charge >= 0.3 is 6.09 Å². The Bertz CT molecular complexity index is 627. The van der Waals surface area contributed by atoms with E-state index in [2.05, 4.69) is 5.32 Å². The van der Waals surface area contributed by atoms with Gasteiger partial charge in [-0.15, -0.1) is 0 Å². The van der Waals surface area contributed by atoms with Crippen LogP contribution in [0.4, 0.5) is 10.5 Å². The second-order valence-corrected chi connectivity index (χ2v) is 6.61. The lowest BCUT2D eigenvalue weighted by molar-refractivity contribution is -0.385. The van der Waals surface area contributed by atoms with Crippen LogP contribution in [0.5, 0.6) is 5.75 Å². The third-order valence-corrected chi connectivity index (χ3v) is 3.63. The number of nitrogens with one attached hydrogen (secondary N) is 1. The zero-order chi connectivity index (χ0) is 17.9. The molecule has 1 aliphatic rings. The molecule has 1 heterocycles. The van der Waals surface area contributed by atoms with E-state index in [0.717, 1.165) is 0 Å². The number of carbonyl (C=O) groups excluding carboxylic acids is 1. The Morgan fingerprint density at radius 2 is 2.12 bits per heavy atom. The maximum Gasteiger partial charge on any atom is 0.410 e. The summed E-state index contributed by atoms with van der Waals surface area (Å²) in [7, 11) is 1.51. The molecule has 8 nitrogen and oxygen atoms in total. The third kappa shape index (κ3) is 4.35. The van der Waals surface area contributed by atoms with E-state index >= 15 is 0 Å². The van der Waals surface area contributed by atoms with Crippen molar-refractivity contribution in [3.8, 4) is 5.75 Å². The van der Waals surface area contributed by atoms with Crippen molar-refractivity contribution in [1.29, 1.82) is 0 Å². The molecule has 0 aliphatic carbocycles. The van der Waals surface area contributed by atoms with E-state index in [-0.39, 0.29) is 11.7 Å². The van der Waals surface area contributed by atoms with Crippen LogP contribution in [0.15, 0.2) is 18.2 Å². The Balaban J connectivity index is 2.23. The maximum atomic E-state index is 12.2. The molecule has 132 valence electrons. The summed E-state index contributed by atoms with van der Waals surface area (Å²) in [5.41, 5.74) is -0.0914. The highest BCUT2D eigenvalue weighted by Crippen LogP contribution is 2.31. The number of ether oxygens (including phenoxy) is 2. The molecular formula is C16H23N3O5. The number of nitro benzene ring substituents is 1. The Morgan fingerprint density at radius 3 is 2.71 bits per heavy atom. The largest absolute Gasteiger partial charge is 0.497 e. The SMILES string of the molecule is COc1ccc([N+](=O)[O-])c(C2CN(C(=O)OC(C)(C)C)CCN2)c1. The third-order valence-electron chi connectivity index (χ3n) is 3.63. The van der Waals surface area contributed by atoms with Crippen LogP contribution in [0, 0.1) is 10.1 Å². The average molecular weight is 337 g/mol. The summed E-state index contributed by atoms with van der Waals surface area (Å²) in [6, 6.07) is 4.24. The molecule has 1 amide bonds. The van der Waals surface area contributed by atoms with Gasteiger partial charge in [-0.05, 0) is 32.9 Å². The number of hydrogen-bond donors (Lipinski definition) is 1. The van der Waals surface area contributed by atoms with E-state index in [4.69, 9.17) is 9.47 Å². The zero-order valence-electron chi connectivity index (χ0n) is 14.4. The van der Waals surface area contributed by atoms with Crippen LogP contribution in [-0.4, -0.2) is 48.3 Å². The number of rotatable bonds is 3. The fraction of sp³-hybridized carbons (Fsp3) is 0.562. The molecule has 1 N–H and O–H groups in total. The standard InChI is InChI=1S/C16H23N3O5/c1-16(2,3)24-15(20)18-8-7-17-13(10-18)12-9-11(23-4)5-6-14(12)19(21)22/h5-6,9,13,17H,7-8,10H2,1-4H3. The molecular weight excluding hydrogens is 314 g/mol. The number of piperazine rings is 1. The molecule has 1 aromatic rings. The molecule has 8 heteroatoms. The molecule has 0 aromatic heterocycles. The zero-order valence-corrected chi connectivity index (χ0v) is 14.4. The van der Waals surface area contributed by atoms with E-state index in [9.17, 15) is 14.9 Å². The average Bonchev–Trinajstić information content (AvgIpc) is 2.52. The predicted molar refractivity (Wildman–Crippen MR) is 88.2 cm³/mol. The van der Waals surface area contributed by atoms with Crippen molar-refractivity contribution in [1.82, 2.24) is 10.2 Å². The van der Waals surface area contributed by atoms with E-state index in [1.165, 1.54) is 13.2 Å². The number of hydrogen-bond acceptors (Lipinski definition) is 6. The lowest BCUT2D eigenvalue weighted by Crippen LogP contribution is -2.49. The number of nitro groups is 1. The van der Waals surface area contributed by atoms with Crippen LogP contribution in [0.25, 0.3) is 0 Å². The van der Waals surface area contributed by atoms with Gasteiger partial charge in [0.1, 0.15) is 11.4 Å². The van der Waals surface area contributed by atoms with E-state index in [1.807, 2.05) is 0 Å². The van der Waals surface area contributed by atoms with E-state index < -0.39 is 16.6 Å². The van der Waals surface area contributed by atoms with E-state index in [1.54, 1.807) is 37.8 Å². The first-order valence-corrected chi connectivity index (χ1v) is 7.75. The number of nitrogens with zero attached hydrogens (tertiary/aromatic N) is 2. The highest BCUT2D eigenvalue weighted by atomic mass is 16.6. The Kier molecular flexibility index (Phi) is 5.28. The first kappa shape index (κ1) is 18.0. The number of methoxy groups -OCH3 is 1. The number of amides is 1. The summed E-state index contributed by atoms with van der Waals surface area (Å²) in [6.45, 7) is 6.72. The lowest BCUT2D eigenvalue weighted by atomic mass is 10.0. The molecule has 1 aliphatic heterocycles. The smallest absolute Gasteiger partial charge is 0.410 e. The molecule has 1 aromatic carbocycles. The summed E-state index contributed by atoms with van der Waals surface area (Å²) in [5.74, 6) is 0.534. The highest BCUT2D eigenvalue weighted by molar-refractivity contribution is 5.68. The first-order chi connectivity index (χ1) is 11.2. The molecule has 0 spiro atoms. The minimum absolute atomic E-state index is 0.000612. The summed E-state index contributed by atoms with van der Waals surface area (Å²) in [4.78, 5) is 24.7. The predicted octanol–water partition coefficient (Wildman–Crippen LogP) is 2.48. The monoisotopic (exact) mass is 337 g/mol. The quantitative estimate of drug-likeness (QED) is 0.673. The Morgan fingerprint density at radius 1 is 1.42 bits per heavy atom. The van der Waals surface area contributed by atoms with Gasteiger partial charge < -0.3 is 19.7 Å². The molecule has 0 bridgehead atoms. The Labute approximate surface area is 140 Å². The van der Waals surface area contributed by atoms with Crippen LogP contribution >= 0.6 is 0 Å². The van der Waals surface area contributed by atoms with Gasteiger partial charge in [-0.25, -0.2) is 4.79 Å². The van der Waals surface area contributed by atoms with Gasteiger partial charge in [0.15, 0.2) is 0 Å². The fourth-order valence-corrected chi connectivity index (χ4v) is 2.56. The second kappa shape index (κ2) is 7.04. The van der Waals surface area contributed by atoms with Crippen molar-refractivity contribution in [2.24, 2.45) is 0 Å². The van der Waals surface area contributed by atoms with Crippen molar-refractivity contribution in [2.45, 2.75) is 32.4 Å². The van der Waals surface area contributed by atoms with E-state index in [0.29, 0.717) is 30.9 Å². The molecule has 2 rings (SSSR count). The molecule has 1 atom stereocenters. The van der Waals surface area contributed by atoms with Crippen LogP contribution in [0.2, 0.25) is 0 Å². The fourth-order valence-electron chi connectivity index (χ4n) is 2.56. The number of carbonyl (C=O) groups is 1. The highest BCUT2D eigenvalue weighted by Gasteiger charge is 2.31. The van der Waals surface area contributed by atoms with Crippen LogP contribution in [-0.2, 0) is 4.74 Å². The minimum atomic E-state index is -0.584. The lowest BCUT2D eigenvalue weighted by Gasteiger charge is -2.34. The van der Waals surface area contributed by atoms with Gasteiger partial charge in [0.2, 0.25) is 0 Å². The van der Waals surface area contributed by atoms with Crippen LogP contribution in [0.3, 0.4) is 0 Å². The number of benzene rings is 1. The summed E-state index contributed by atoms with van der Waals surface area (Å²) >= 11 is 0. The summed E-state index contributed by atoms with van der Waals surface area (Å²) < 4.78 is 10.5. The van der Waals surface area contributed by atoms with Gasteiger partial charge in [0.25, 0.3) is 5.69 Å². The van der Waals surface area contributed by atoms with Gasteiger partial charge in [0.05, 0.1) is 23.6 Å². The summed E-state index contributed by atoms with van der Waals surface area (Å²) in [6.07, 6.45) is -0.417. The first-order valence-electron chi connectivity index (χ1n) is 7.75. The Hall–Kier alpha value is -2.35. The van der Waals surface area contributed by atoms with Gasteiger partial charge in [-0.1, -0.05) is 0 Å². The normalized spacial score (nSPS) is 18.2. The van der Waals surface area contributed by atoms with Gasteiger partial charge in [-0.3, -0.25) is 10.1 Å². The second-order valence-electron chi connectivity index (χ2n) is 6.61. The van der Waals surface area contributed by atoms with Crippen molar-refractivity contribution < 1.29 is 19.2 Å². The topological polar surface area (TPSA) is 93.9 Å². The van der Waals surface area contributed by atoms with Crippen LogP contribution in [0.1, 0.15) is 32.4 Å². The van der Waals surface area contributed by atoms with Gasteiger partial charge in [0, 0.05) is 25.7 Å². The van der Waals surface area contributed by atoms with Gasteiger partial charge in [-0.2, -0.15) is 0 Å².